The molecule has 0 saturated carbocycles. The number of aliphatic carboxylic acids is 1. The van der Waals surface area contributed by atoms with E-state index in [1.807, 2.05) is 44.2 Å². The smallest absolute Gasteiger partial charge is 0.307 e. The van der Waals surface area contributed by atoms with Crippen LogP contribution in [0.4, 0.5) is 0 Å². The van der Waals surface area contributed by atoms with Gasteiger partial charge >= 0.3 is 5.97 Å². The Kier molecular flexibility index (Phi) is 8.16. The van der Waals surface area contributed by atoms with Gasteiger partial charge in [0.2, 0.25) is 13.3 Å². The van der Waals surface area contributed by atoms with Crippen LogP contribution >= 0.6 is 7.37 Å². The summed E-state index contributed by atoms with van der Waals surface area (Å²) >= 11 is 0. The first-order chi connectivity index (χ1) is 11.3. The van der Waals surface area contributed by atoms with Crippen molar-refractivity contribution in [3.63, 3.8) is 0 Å². The Labute approximate surface area is 143 Å². The van der Waals surface area contributed by atoms with Gasteiger partial charge < -0.3 is 14.9 Å². The molecule has 0 heterocycles. The summed E-state index contributed by atoms with van der Waals surface area (Å²) in [6.45, 7) is 3.82. The molecule has 0 aromatic heterocycles. The number of carboxylic acid groups (broad SMARTS) is 1. The van der Waals surface area contributed by atoms with Crippen LogP contribution in [0.5, 0.6) is 0 Å². The summed E-state index contributed by atoms with van der Waals surface area (Å²) in [7, 11) is -1.95. The Morgan fingerprint density at radius 1 is 1.25 bits per heavy atom. The summed E-state index contributed by atoms with van der Waals surface area (Å²) in [5.74, 6) is -1.84. The van der Waals surface area contributed by atoms with Crippen LogP contribution in [-0.2, 0) is 25.1 Å². The van der Waals surface area contributed by atoms with Gasteiger partial charge in [-0.1, -0.05) is 44.2 Å². The van der Waals surface area contributed by atoms with E-state index in [0.29, 0.717) is 6.42 Å². The van der Waals surface area contributed by atoms with Crippen LogP contribution in [0.25, 0.3) is 0 Å². The highest BCUT2D eigenvalue weighted by Gasteiger charge is 2.31. The SMILES string of the molecule is COP(=O)(CNC(=O)Cc1ccccc1)CC(CC(C)C)C(=O)O. The molecule has 6 nitrogen and oxygen atoms in total. The Morgan fingerprint density at radius 3 is 2.38 bits per heavy atom. The minimum absolute atomic E-state index is 0.0807. The summed E-state index contributed by atoms with van der Waals surface area (Å²) in [4.78, 5) is 23.3. The summed E-state index contributed by atoms with van der Waals surface area (Å²) < 4.78 is 17.8. The van der Waals surface area contributed by atoms with Crippen LogP contribution < -0.4 is 5.32 Å². The lowest BCUT2D eigenvalue weighted by molar-refractivity contribution is -0.141. The molecule has 1 aromatic carbocycles. The van der Waals surface area contributed by atoms with E-state index in [1.165, 1.54) is 7.11 Å². The van der Waals surface area contributed by atoms with Crippen molar-refractivity contribution in [3.8, 4) is 0 Å². The molecule has 0 saturated heterocycles. The maximum absolute atomic E-state index is 12.7. The van der Waals surface area contributed by atoms with Gasteiger partial charge in [-0.3, -0.25) is 14.2 Å². The lowest BCUT2D eigenvalue weighted by atomic mass is 9.99. The summed E-state index contributed by atoms with van der Waals surface area (Å²) in [6.07, 6.45) is 0.360. The van der Waals surface area contributed by atoms with Crippen molar-refractivity contribution in [1.29, 1.82) is 0 Å². The number of nitrogens with one attached hydrogen (secondary N) is 1. The third-order valence-electron chi connectivity index (χ3n) is 3.66. The van der Waals surface area contributed by atoms with E-state index in [0.717, 1.165) is 5.56 Å². The largest absolute Gasteiger partial charge is 0.481 e. The zero-order chi connectivity index (χ0) is 18.2. The van der Waals surface area contributed by atoms with Gasteiger partial charge in [-0.05, 0) is 17.9 Å². The van der Waals surface area contributed by atoms with Gasteiger partial charge in [0, 0.05) is 13.3 Å². The molecule has 0 aliphatic heterocycles. The molecular formula is C17H26NO5P. The molecule has 0 bridgehead atoms. The predicted molar refractivity (Wildman–Crippen MR) is 93.2 cm³/mol. The molecule has 2 unspecified atom stereocenters. The number of hydrogen-bond donors (Lipinski definition) is 2. The Bertz CT molecular complexity index is 588. The van der Waals surface area contributed by atoms with Gasteiger partial charge in [0.1, 0.15) is 0 Å². The standard InChI is InChI=1S/C17H26NO5P/c1-13(2)9-15(17(20)21)11-24(22,23-3)12-18-16(19)10-14-7-5-4-6-8-14/h4-8,13,15H,9-12H2,1-3H3,(H,18,19)(H,20,21). The maximum Gasteiger partial charge on any atom is 0.307 e. The number of amides is 1. The molecule has 0 radical (unpaired) electrons. The number of carboxylic acids is 1. The van der Waals surface area contributed by atoms with Crippen LogP contribution in [0.1, 0.15) is 25.8 Å². The van der Waals surface area contributed by atoms with Crippen LogP contribution in [0.2, 0.25) is 0 Å². The number of carbonyl (C=O) groups is 2. The van der Waals surface area contributed by atoms with E-state index >= 15 is 0 Å². The van der Waals surface area contributed by atoms with Crippen molar-refractivity contribution >= 4 is 19.2 Å². The third kappa shape index (κ3) is 7.28. The van der Waals surface area contributed by atoms with Gasteiger partial charge in [-0.2, -0.15) is 0 Å². The number of hydrogen-bond acceptors (Lipinski definition) is 4. The van der Waals surface area contributed by atoms with E-state index in [2.05, 4.69) is 5.32 Å². The Balaban J connectivity index is 2.62. The lowest BCUT2D eigenvalue weighted by Gasteiger charge is -2.22. The molecule has 1 amide bonds. The van der Waals surface area contributed by atoms with Crippen molar-refractivity contribution in [2.75, 3.05) is 19.6 Å². The molecule has 0 aliphatic carbocycles. The highest BCUT2D eigenvalue weighted by atomic mass is 31.2. The lowest BCUT2D eigenvalue weighted by Crippen LogP contribution is -2.29. The first-order valence-corrected chi connectivity index (χ1v) is 9.92. The molecular weight excluding hydrogens is 329 g/mol. The first kappa shape index (κ1) is 20.4. The number of rotatable bonds is 10. The average Bonchev–Trinajstić information content (AvgIpc) is 2.53. The first-order valence-electron chi connectivity index (χ1n) is 7.93. The highest BCUT2D eigenvalue weighted by molar-refractivity contribution is 7.59. The van der Waals surface area contributed by atoms with Gasteiger partial charge in [-0.15, -0.1) is 0 Å². The minimum Gasteiger partial charge on any atom is -0.481 e. The van der Waals surface area contributed by atoms with Crippen molar-refractivity contribution in [2.24, 2.45) is 11.8 Å². The van der Waals surface area contributed by atoms with Gasteiger partial charge in [0.25, 0.3) is 0 Å². The number of benzene rings is 1. The maximum atomic E-state index is 12.7. The van der Waals surface area contributed by atoms with E-state index < -0.39 is 19.3 Å². The molecule has 134 valence electrons. The second-order valence-corrected chi connectivity index (χ2v) is 8.94. The van der Waals surface area contributed by atoms with Crippen molar-refractivity contribution in [3.05, 3.63) is 35.9 Å². The molecule has 24 heavy (non-hydrogen) atoms. The van der Waals surface area contributed by atoms with Gasteiger partial charge in [0.15, 0.2) is 0 Å². The molecule has 1 rings (SSSR count). The van der Waals surface area contributed by atoms with E-state index in [-0.39, 0.29) is 30.7 Å². The van der Waals surface area contributed by atoms with Crippen molar-refractivity contribution in [1.82, 2.24) is 5.32 Å². The summed E-state index contributed by atoms with van der Waals surface area (Å²) in [5.41, 5.74) is 0.852. The third-order valence-corrected chi connectivity index (χ3v) is 5.96. The molecule has 2 N–H and O–H groups in total. The summed E-state index contributed by atoms with van der Waals surface area (Å²) in [6, 6.07) is 9.20. The van der Waals surface area contributed by atoms with Gasteiger partial charge in [-0.25, -0.2) is 0 Å². The molecule has 1 aromatic rings. The molecule has 0 fully saturated rings. The fourth-order valence-corrected chi connectivity index (χ4v) is 4.22. The van der Waals surface area contributed by atoms with Crippen LogP contribution in [0.15, 0.2) is 30.3 Å². The quantitative estimate of drug-likeness (QED) is 0.630. The van der Waals surface area contributed by atoms with E-state index in [1.54, 1.807) is 0 Å². The van der Waals surface area contributed by atoms with Gasteiger partial charge in [0.05, 0.1) is 18.6 Å². The molecule has 2 atom stereocenters. The van der Waals surface area contributed by atoms with Crippen LogP contribution in [0.3, 0.4) is 0 Å². The second kappa shape index (κ2) is 9.60. The van der Waals surface area contributed by atoms with Crippen LogP contribution in [0, 0.1) is 11.8 Å². The molecule has 0 spiro atoms. The second-order valence-electron chi connectivity index (χ2n) is 6.26. The average molecular weight is 355 g/mol. The fraction of sp³-hybridized carbons (Fsp3) is 0.529. The zero-order valence-corrected chi connectivity index (χ0v) is 15.3. The summed E-state index contributed by atoms with van der Waals surface area (Å²) in [5, 5.41) is 11.9. The minimum atomic E-state index is -3.24. The van der Waals surface area contributed by atoms with E-state index in [4.69, 9.17) is 4.52 Å². The van der Waals surface area contributed by atoms with Crippen LogP contribution in [-0.4, -0.2) is 36.5 Å². The Hall–Kier alpha value is -1.65. The zero-order valence-electron chi connectivity index (χ0n) is 14.4. The van der Waals surface area contributed by atoms with Crippen molar-refractivity contribution < 1.29 is 23.8 Å². The normalized spacial score (nSPS) is 14.8. The number of carbonyl (C=O) groups excluding carboxylic acids is 1. The fourth-order valence-electron chi connectivity index (χ4n) is 2.41. The molecule has 0 aliphatic rings. The van der Waals surface area contributed by atoms with E-state index in [9.17, 15) is 19.3 Å². The monoisotopic (exact) mass is 355 g/mol. The van der Waals surface area contributed by atoms with Crippen molar-refractivity contribution in [2.45, 2.75) is 26.7 Å². The predicted octanol–water partition coefficient (Wildman–Crippen LogP) is 2.97. The Morgan fingerprint density at radius 2 is 1.88 bits per heavy atom. The highest BCUT2D eigenvalue weighted by Crippen LogP contribution is 2.47. The molecule has 7 heteroatoms. The topological polar surface area (TPSA) is 92.7 Å².